The van der Waals surface area contributed by atoms with Gasteiger partial charge in [0.1, 0.15) is 0 Å². The monoisotopic (exact) mass is 347 g/mol. The molecule has 110 valence electrons. The first-order valence-corrected chi connectivity index (χ1v) is 7.69. The average Bonchev–Trinajstić information content (AvgIpc) is 2.50. The Balaban J connectivity index is 1.76. The molecule has 1 unspecified atom stereocenters. The number of hydrogen-bond donors (Lipinski definition) is 2. The van der Waals surface area contributed by atoms with Crippen LogP contribution in [0.3, 0.4) is 0 Å². The molecule has 2 N–H and O–H groups in total. The molecule has 3 nitrogen and oxygen atoms in total. The van der Waals surface area contributed by atoms with Gasteiger partial charge >= 0.3 is 0 Å². The van der Waals surface area contributed by atoms with Crippen molar-refractivity contribution in [1.82, 2.24) is 5.32 Å². The van der Waals surface area contributed by atoms with Crippen LogP contribution < -0.4 is 5.32 Å². The zero-order valence-electron chi connectivity index (χ0n) is 11.6. The third-order valence-corrected chi connectivity index (χ3v) is 4.01. The number of halogens is 1. The lowest BCUT2D eigenvalue weighted by Gasteiger charge is -2.12. The molecule has 0 saturated heterocycles. The maximum Gasteiger partial charge on any atom is 0.224 e. The summed E-state index contributed by atoms with van der Waals surface area (Å²) in [5.41, 5.74) is 1.83. The number of carbonyl (C=O) groups is 1. The van der Waals surface area contributed by atoms with Crippen molar-refractivity contribution in [3.63, 3.8) is 0 Å². The summed E-state index contributed by atoms with van der Waals surface area (Å²) < 4.78 is 0.935. The molecule has 0 aliphatic heterocycles. The molecule has 1 atom stereocenters. The second-order valence-corrected chi connectivity index (χ2v) is 5.69. The minimum atomic E-state index is -0.546. The van der Waals surface area contributed by atoms with Gasteiger partial charge in [0.05, 0.1) is 12.5 Å². The predicted octanol–water partition coefficient (Wildman–Crippen LogP) is 3.23. The molecular weight excluding hydrogens is 330 g/mol. The Hall–Kier alpha value is -1.65. The molecule has 1 amide bonds. The van der Waals surface area contributed by atoms with Crippen LogP contribution in [0.4, 0.5) is 0 Å². The van der Waals surface area contributed by atoms with E-state index in [0.29, 0.717) is 19.4 Å². The Morgan fingerprint density at radius 2 is 1.76 bits per heavy atom. The van der Waals surface area contributed by atoms with Gasteiger partial charge in [-0.15, -0.1) is 0 Å². The quantitative estimate of drug-likeness (QED) is 0.842. The van der Waals surface area contributed by atoms with Gasteiger partial charge in [-0.3, -0.25) is 4.79 Å². The number of aliphatic hydroxyl groups excluding tert-OH is 1. The maximum absolute atomic E-state index is 11.9. The molecule has 2 aromatic carbocycles. The van der Waals surface area contributed by atoms with Gasteiger partial charge in [0.15, 0.2) is 0 Å². The first-order chi connectivity index (χ1) is 10.2. The van der Waals surface area contributed by atoms with Gasteiger partial charge in [0, 0.05) is 11.0 Å². The van der Waals surface area contributed by atoms with Crippen molar-refractivity contribution in [3.8, 4) is 0 Å². The zero-order chi connectivity index (χ0) is 15.1. The fourth-order valence-electron chi connectivity index (χ4n) is 2.07. The lowest BCUT2D eigenvalue weighted by atomic mass is 10.1. The second kappa shape index (κ2) is 7.96. The molecule has 0 aliphatic carbocycles. The highest BCUT2D eigenvalue weighted by atomic mass is 79.9. The van der Waals surface area contributed by atoms with Crippen LogP contribution >= 0.6 is 15.9 Å². The summed E-state index contributed by atoms with van der Waals surface area (Å²) >= 11 is 3.43. The second-order valence-electron chi connectivity index (χ2n) is 4.83. The summed E-state index contributed by atoms with van der Waals surface area (Å²) in [6.07, 6.45) is 0.296. The van der Waals surface area contributed by atoms with Crippen molar-refractivity contribution >= 4 is 21.8 Å². The highest BCUT2D eigenvalue weighted by molar-refractivity contribution is 9.10. The van der Waals surface area contributed by atoms with Gasteiger partial charge in [-0.2, -0.15) is 0 Å². The summed E-state index contributed by atoms with van der Waals surface area (Å²) in [4.78, 5) is 11.9. The van der Waals surface area contributed by atoms with Crippen LogP contribution in [0.5, 0.6) is 0 Å². The fraction of sp³-hybridized carbons (Fsp3) is 0.235. The van der Waals surface area contributed by atoms with E-state index >= 15 is 0 Å². The molecule has 0 radical (unpaired) electrons. The Morgan fingerprint density at radius 1 is 1.10 bits per heavy atom. The molecule has 0 heterocycles. The molecular formula is C17H18BrNO2. The third kappa shape index (κ3) is 4.99. The molecule has 2 rings (SSSR count). The van der Waals surface area contributed by atoms with Crippen molar-refractivity contribution in [2.24, 2.45) is 0 Å². The molecule has 21 heavy (non-hydrogen) atoms. The number of benzene rings is 2. The molecule has 0 aliphatic rings. The van der Waals surface area contributed by atoms with Gasteiger partial charge in [0.2, 0.25) is 5.91 Å². The Morgan fingerprint density at radius 3 is 2.48 bits per heavy atom. The lowest BCUT2D eigenvalue weighted by Crippen LogP contribution is -2.27. The van der Waals surface area contributed by atoms with Crippen LogP contribution in [0.2, 0.25) is 0 Å². The number of carbonyl (C=O) groups excluding carboxylic acids is 1. The van der Waals surface area contributed by atoms with Gasteiger partial charge in [-0.05, 0) is 23.6 Å². The standard InChI is InChI=1S/C17H18BrNO2/c18-15-9-5-4-8-14(15)12-17(21)19-11-10-16(20)13-6-2-1-3-7-13/h1-9,16,20H,10-12H2,(H,19,21). The number of aliphatic hydroxyl groups is 1. The van der Waals surface area contributed by atoms with Gasteiger partial charge in [0.25, 0.3) is 0 Å². The molecule has 0 fully saturated rings. The van der Waals surface area contributed by atoms with Crippen molar-refractivity contribution in [3.05, 3.63) is 70.2 Å². The first kappa shape index (κ1) is 15.7. The number of hydrogen-bond acceptors (Lipinski definition) is 2. The summed E-state index contributed by atoms with van der Waals surface area (Å²) in [7, 11) is 0. The lowest BCUT2D eigenvalue weighted by molar-refractivity contribution is -0.120. The summed E-state index contributed by atoms with van der Waals surface area (Å²) in [5.74, 6) is -0.0397. The Labute approximate surface area is 133 Å². The van der Waals surface area contributed by atoms with E-state index < -0.39 is 6.10 Å². The molecule has 0 saturated carbocycles. The molecule has 0 bridgehead atoms. The van der Waals surface area contributed by atoms with E-state index in [0.717, 1.165) is 15.6 Å². The van der Waals surface area contributed by atoms with Crippen LogP contribution in [-0.2, 0) is 11.2 Å². The maximum atomic E-state index is 11.9. The van der Waals surface area contributed by atoms with E-state index in [2.05, 4.69) is 21.2 Å². The summed E-state index contributed by atoms with van der Waals surface area (Å²) in [6, 6.07) is 17.1. The Kier molecular flexibility index (Phi) is 5.96. The topological polar surface area (TPSA) is 49.3 Å². The van der Waals surface area contributed by atoms with Crippen LogP contribution in [0.15, 0.2) is 59.1 Å². The minimum Gasteiger partial charge on any atom is -0.388 e. The molecule has 2 aromatic rings. The van der Waals surface area contributed by atoms with Crippen molar-refractivity contribution in [2.45, 2.75) is 18.9 Å². The average molecular weight is 348 g/mol. The predicted molar refractivity (Wildman–Crippen MR) is 86.9 cm³/mol. The minimum absolute atomic E-state index is 0.0397. The Bertz CT molecular complexity index is 586. The van der Waals surface area contributed by atoms with E-state index in [1.54, 1.807) is 0 Å². The van der Waals surface area contributed by atoms with Crippen LogP contribution in [-0.4, -0.2) is 17.6 Å². The first-order valence-electron chi connectivity index (χ1n) is 6.90. The molecule has 4 heteroatoms. The number of nitrogens with one attached hydrogen (secondary N) is 1. The number of amides is 1. The SMILES string of the molecule is O=C(Cc1ccccc1Br)NCCC(O)c1ccccc1. The van der Waals surface area contributed by atoms with Gasteiger partial charge < -0.3 is 10.4 Å². The van der Waals surface area contributed by atoms with Crippen LogP contribution in [0.1, 0.15) is 23.7 Å². The largest absolute Gasteiger partial charge is 0.388 e. The van der Waals surface area contributed by atoms with Crippen molar-refractivity contribution < 1.29 is 9.90 Å². The molecule has 0 spiro atoms. The van der Waals surface area contributed by atoms with E-state index in [1.165, 1.54) is 0 Å². The van der Waals surface area contributed by atoms with Crippen molar-refractivity contribution in [1.29, 1.82) is 0 Å². The van der Waals surface area contributed by atoms with Gasteiger partial charge in [-0.1, -0.05) is 64.5 Å². The van der Waals surface area contributed by atoms with E-state index in [4.69, 9.17) is 0 Å². The van der Waals surface area contributed by atoms with Crippen molar-refractivity contribution in [2.75, 3.05) is 6.54 Å². The van der Waals surface area contributed by atoms with E-state index in [1.807, 2.05) is 54.6 Å². The van der Waals surface area contributed by atoms with Crippen LogP contribution in [0, 0.1) is 0 Å². The molecule has 0 aromatic heterocycles. The highest BCUT2D eigenvalue weighted by Gasteiger charge is 2.09. The van der Waals surface area contributed by atoms with Gasteiger partial charge in [-0.25, -0.2) is 0 Å². The highest BCUT2D eigenvalue weighted by Crippen LogP contribution is 2.17. The van der Waals surface area contributed by atoms with E-state index in [-0.39, 0.29) is 5.91 Å². The summed E-state index contributed by atoms with van der Waals surface area (Å²) in [6.45, 7) is 0.458. The van der Waals surface area contributed by atoms with E-state index in [9.17, 15) is 9.90 Å². The third-order valence-electron chi connectivity index (χ3n) is 3.23. The smallest absolute Gasteiger partial charge is 0.224 e. The normalized spacial score (nSPS) is 11.9. The zero-order valence-corrected chi connectivity index (χ0v) is 13.2. The number of rotatable bonds is 6. The fourth-order valence-corrected chi connectivity index (χ4v) is 2.49. The summed E-state index contributed by atoms with van der Waals surface area (Å²) in [5, 5.41) is 12.8. The van der Waals surface area contributed by atoms with Crippen LogP contribution in [0.25, 0.3) is 0 Å².